The molecule has 416 valence electrons. The van der Waals surface area contributed by atoms with Crippen LogP contribution in [0.1, 0.15) is 111 Å². The van der Waals surface area contributed by atoms with Gasteiger partial charge in [-0.05, 0) is 81.1 Å². The highest BCUT2D eigenvalue weighted by atomic mass is 32.2. The Hall–Kier alpha value is -6.51. The Morgan fingerprint density at radius 2 is 1.41 bits per heavy atom. The first-order valence-corrected chi connectivity index (χ1v) is 26.5. The van der Waals surface area contributed by atoms with E-state index in [0.717, 1.165) is 0 Å². The number of amides is 9. The predicted molar refractivity (Wildman–Crippen MR) is 277 cm³/mol. The summed E-state index contributed by atoms with van der Waals surface area (Å²) in [6.07, 6.45) is 5.95. The minimum atomic E-state index is -1.39. The Morgan fingerprint density at radius 1 is 0.797 bits per heavy atom. The molecule has 17 N–H and O–H groups in total. The van der Waals surface area contributed by atoms with Gasteiger partial charge in [0, 0.05) is 37.8 Å². The summed E-state index contributed by atoms with van der Waals surface area (Å²) in [4.78, 5) is 146. The van der Waals surface area contributed by atoms with E-state index in [9.17, 15) is 53.1 Å². The Bertz CT molecular complexity index is 2070. The number of aromatic amines is 1. The summed E-state index contributed by atoms with van der Waals surface area (Å²) >= 11 is 1.51. The number of hydrogen-bond donors (Lipinski definition) is 13. The van der Waals surface area contributed by atoms with Crippen molar-refractivity contribution >= 4 is 76.9 Å². The molecule has 74 heavy (non-hydrogen) atoms. The van der Waals surface area contributed by atoms with Crippen LogP contribution in [0, 0.1) is 17.8 Å². The van der Waals surface area contributed by atoms with Crippen LogP contribution in [0.25, 0.3) is 0 Å². The number of imidazole rings is 1. The van der Waals surface area contributed by atoms with E-state index in [1.54, 1.807) is 13.8 Å². The molecule has 0 unspecified atom stereocenters. The van der Waals surface area contributed by atoms with Crippen molar-refractivity contribution in [1.82, 2.24) is 52.1 Å². The van der Waals surface area contributed by atoms with Gasteiger partial charge in [-0.2, -0.15) is 11.8 Å². The summed E-state index contributed by atoms with van der Waals surface area (Å²) in [5.41, 5.74) is 22.6. The van der Waals surface area contributed by atoms with Crippen LogP contribution in [0.15, 0.2) is 17.5 Å². The van der Waals surface area contributed by atoms with Gasteiger partial charge in [-0.1, -0.05) is 48.0 Å². The maximum absolute atomic E-state index is 14.4. The topological polar surface area (TPSA) is 423 Å². The number of nitrogens with zero attached hydrogens (tertiary/aromatic N) is 3. The number of carboxylic acids is 1. The summed E-state index contributed by atoms with van der Waals surface area (Å²) in [6.45, 7) is 10.5. The molecule has 0 aliphatic carbocycles. The third-order valence-corrected chi connectivity index (χ3v) is 12.8. The lowest BCUT2D eigenvalue weighted by Gasteiger charge is -2.31. The fourth-order valence-corrected chi connectivity index (χ4v) is 8.48. The van der Waals surface area contributed by atoms with Crippen molar-refractivity contribution < 1.29 is 53.1 Å². The number of guanidine groups is 1. The van der Waals surface area contributed by atoms with Crippen LogP contribution in [0.3, 0.4) is 0 Å². The number of primary amides is 1. The average molecular weight is 1060 g/mol. The summed E-state index contributed by atoms with van der Waals surface area (Å²) in [6, 6.07) is -9.53. The number of aliphatic imine (C=N–C) groups is 1. The summed E-state index contributed by atoms with van der Waals surface area (Å²) in [7, 11) is 0. The van der Waals surface area contributed by atoms with Gasteiger partial charge in [0.25, 0.3) is 0 Å². The highest BCUT2D eigenvalue weighted by Crippen LogP contribution is 2.21. The lowest BCUT2D eigenvalue weighted by atomic mass is 9.96. The number of H-pyrrole nitrogens is 1. The van der Waals surface area contributed by atoms with Crippen LogP contribution < -0.4 is 60.2 Å². The van der Waals surface area contributed by atoms with Crippen molar-refractivity contribution in [2.75, 3.05) is 31.6 Å². The molecule has 9 amide bonds. The van der Waals surface area contributed by atoms with E-state index in [2.05, 4.69) is 52.2 Å². The van der Waals surface area contributed by atoms with Gasteiger partial charge >= 0.3 is 5.97 Å². The zero-order chi connectivity index (χ0) is 55.7. The molecule has 1 aliphatic rings. The monoisotopic (exact) mass is 1060 g/mol. The van der Waals surface area contributed by atoms with Crippen LogP contribution >= 0.6 is 11.8 Å². The van der Waals surface area contributed by atoms with Gasteiger partial charge in [-0.3, -0.25) is 48.1 Å². The Kier molecular flexibility index (Phi) is 28.0. The molecule has 0 aromatic carbocycles. The highest BCUT2D eigenvalue weighted by molar-refractivity contribution is 7.98. The largest absolute Gasteiger partial charge is 0.480 e. The third-order valence-electron chi connectivity index (χ3n) is 12.2. The molecular formula is C47H81N15O11S. The molecule has 0 spiro atoms. The number of hydrogen-bond acceptors (Lipinski definition) is 14. The number of carbonyl (C=O) groups excluding carboxylic acids is 9. The molecule has 0 radical (unpaired) electrons. The molecule has 27 heteroatoms. The minimum Gasteiger partial charge on any atom is -0.480 e. The van der Waals surface area contributed by atoms with E-state index in [-0.39, 0.29) is 82.3 Å². The van der Waals surface area contributed by atoms with Crippen molar-refractivity contribution in [3.63, 3.8) is 0 Å². The van der Waals surface area contributed by atoms with Gasteiger partial charge in [-0.25, -0.2) is 9.78 Å². The van der Waals surface area contributed by atoms with Gasteiger partial charge in [0.1, 0.15) is 42.3 Å². The van der Waals surface area contributed by atoms with Crippen molar-refractivity contribution in [3.8, 4) is 0 Å². The number of aliphatic carboxylic acids is 1. The van der Waals surface area contributed by atoms with Crippen LogP contribution in [0.4, 0.5) is 0 Å². The van der Waals surface area contributed by atoms with Gasteiger partial charge < -0.3 is 75.1 Å². The van der Waals surface area contributed by atoms with Crippen LogP contribution in [-0.4, -0.2) is 165 Å². The van der Waals surface area contributed by atoms with Gasteiger partial charge in [0.05, 0.1) is 18.9 Å². The Balaban J connectivity index is 2.34. The van der Waals surface area contributed by atoms with Crippen LogP contribution in [0.2, 0.25) is 0 Å². The zero-order valence-corrected chi connectivity index (χ0v) is 44.5. The number of carboxylic acid groups (broad SMARTS) is 1. The molecule has 9 atom stereocenters. The first-order chi connectivity index (χ1) is 34.9. The molecule has 0 saturated carbocycles. The highest BCUT2D eigenvalue weighted by Gasteiger charge is 2.40. The normalized spacial score (nSPS) is 16.5. The second kappa shape index (κ2) is 32.6. The van der Waals surface area contributed by atoms with Gasteiger partial charge in [0.2, 0.25) is 53.2 Å². The molecule has 1 aromatic heterocycles. The molecule has 1 fully saturated rings. The number of nitrogens with one attached hydrogen (secondary N) is 8. The van der Waals surface area contributed by atoms with E-state index < -0.39 is 120 Å². The number of thioether (sulfide) groups is 1. The first kappa shape index (κ1) is 63.6. The molecule has 1 aliphatic heterocycles. The van der Waals surface area contributed by atoms with E-state index in [4.69, 9.17) is 22.9 Å². The van der Waals surface area contributed by atoms with Crippen molar-refractivity contribution in [2.24, 2.45) is 45.7 Å². The van der Waals surface area contributed by atoms with Gasteiger partial charge in [-0.15, -0.1) is 0 Å². The second-order valence-electron chi connectivity index (χ2n) is 19.4. The fourth-order valence-electron chi connectivity index (χ4n) is 7.99. The van der Waals surface area contributed by atoms with Crippen molar-refractivity contribution in [3.05, 3.63) is 18.2 Å². The lowest BCUT2D eigenvalue weighted by Crippen LogP contribution is -2.61. The molecule has 1 saturated heterocycles. The number of rotatable bonds is 34. The maximum Gasteiger partial charge on any atom is 0.326 e. The first-order valence-electron chi connectivity index (χ1n) is 25.1. The summed E-state index contributed by atoms with van der Waals surface area (Å²) < 4.78 is 0. The van der Waals surface area contributed by atoms with E-state index in [0.29, 0.717) is 30.7 Å². The van der Waals surface area contributed by atoms with E-state index in [1.165, 1.54) is 29.2 Å². The van der Waals surface area contributed by atoms with Crippen LogP contribution in [0.5, 0.6) is 0 Å². The smallest absolute Gasteiger partial charge is 0.326 e. The number of carbonyl (C=O) groups is 10. The fraction of sp³-hybridized carbons (Fsp3) is 0.702. The maximum atomic E-state index is 14.4. The standard InChI is InChI=1S/C47H81N15O11S/c1-8-27(6)38(61-40(66)30(13-14-36(49)63)57-41(67)32(19-25(2)3)58-39(65)29(48)15-18-74-7)44(70)59-33(21-28-22-52-24-55-28)42(68)60-34(20-26(4)5)45(71)62-17-10-12-35(62)43(69)54-23-37(64)56-31(46(72)73)11-9-16-53-47(50)51/h22,24-27,29-35,38H,8-21,23,48H2,1-7H3,(H2,49,63)(H,52,55)(H,54,69)(H,56,64)(H,57,67)(H,58,65)(H,59,70)(H,60,68)(H,61,66)(H,72,73)(H4,50,51,53)/t27-,29-,30-,31-,32-,33-,34-,35-,38-/m0/s1. The van der Waals surface area contributed by atoms with Gasteiger partial charge in [0.15, 0.2) is 5.96 Å². The molecule has 0 bridgehead atoms. The third kappa shape index (κ3) is 22.7. The molecule has 26 nitrogen and oxygen atoms in total. The number of likely N-dealkylation sites (tertiary alicyclic amines) is 1. The van der Waals surface area contributed by atoms with Crippen molar-refractivity contribution in [2.45, 2.75) is 161 Å². The van der Waals surface area contributed by atoms with Crippen molar-refractivity contribution in [1.29, 1.82) is 0 Å². The summed E-state index contributed by atoms with van der Waals surface area (Å²) in [5, 5.41) is 28.0. The second-order valence-corrected chi connectivity index (χ2v) is 20.3. The predicted octanol–water partition coefficient (Wildman–Crippen LogP) is -2.41. The minimum absolute atomic E-state index is 0.0147. The quantitative estimate of drug-likeness (QED) is 0.0194. The lowest BCUT2D eigenvalue weighted by molar-refractivity contribution is -0.143. The molecular weight excluding hydrogens is 983 g/mol. The molecule has 2 rings (SSSR count). The van der Waals surface area contributed by atoms with E-state index >= 15 is 0 Å². The molecule has 2 heterocycles. The number of nitrogens with two attached hydrogens (primary N) is 4. The SMILES string of the molecule is CC[C@H](C)[C@H](NC(=O)[C@H](CCC(N)=O)NC(=O)[C@H](CC(C)C)NC(=O)[C@@H](N)CCSC)C(=O)N[C@@H](Cc1cnc[nH]1)C(=O)N[C@@H](CC(C)C)C(=O)N1CCC[C@H]1C(=O)NCC(=O)N[C@@H](CCCN=C(N)N)C(=O)O. The average Bonchev–Trinajstić information content (AvgIpc) is 4.05. The zero-order valence-electron chi connectivity index (χ0n) is 43.7. The number of aromatic nitrogens is 2. The molecule has 1 aromatic rings. The summed E-state index contributed by atoms with van der Waals surface area (Å²) in [5.74, 6) is -8.09. The van der Waals surface area contributed by atoms with E-state index in [1.807, 2.05) is 34.0 Å². The Morgan fingerprint density at radius 3 is 1.99 bits per heavy atom. The van der Waals surface area contributed by atoms with Crippen LogP contribution in [-0.2, 0) is 54.4 Å². The Labute approximate surface area is 436 Å².